The molecule has 0 unspecified atom stereocenters. The minimum atomic E-state index is -1.02. The van der Waals surface area contributed by atoms with E-state index < -0.39 is 4.99 Å². The predicted molar refractivity (Wildman–Crippen MR) is 50.2 cm³/mol. The molecule has 2 nitrogen and oxygen atoms in total. The Morgan fingerprint density at radius 1 is 1.27 bits per heavy atom. The van der Waals surface area contributed by atoms with Gasteiger partial charge in [0, 0.05) is 0 Å². The average molecular weight is 168 g/mol. The number of thiol groups is 1. The van der Waals surface area contributed by atoms with Crippen molar-refractivity contribution >= 4 is 12.6 Å². The van der Waals surface area contributed by atoms with Gasteiger partial charge in [-0.2, -0.15) is 0 Å². The smallest absolute Gasteiger partial charge is 0.136 e. The van der Waals surface area contributed by atoms with Crippen LogP contribution in [0.1, 0.15) is 11.1 Å². The van der Waals surface area contributed by atoms with Crippen molar-refractivity contribution in [2.45, 2.75) is 11.9 Å². The molecule has 3 heteroatoms. The first-order valence-electron chi connectivity index (χ1n) is 3.38. The zero-order valence-electron chi connectivity index (χ0n) is 6.41. The Morgan fingerprint density at radius 2 is 1.82 bits per heavy atom. The highest BCUT2D eigenvalue weighted by Crippen LogP contribution is 2.19. The second kappa shape index (κ2) is 2.85. The zero-order valence-corrected chi connectivity index (χ0v) is 7.31. The molecule has 0 amide bonds. The van der Waals surface area contributed by atoms with Crippen molar-refractivity contribution in [2.75, 3.05) is 0 Å². The maximum absolute atomic E-state index is 5.60. The number of benzene rings is 1. The van der Waals surface area contributed by atoms with Crippen molar-refractivity contribution in [2.24, 2.45) is 11.5 Å². The van der Waals surface area contributed by atoms with Crippen molar-refractivity contribution in [3.63, 3.8) is 0 Å². The lowest BCUT2D eigenvalue weighted by molar-refractivity contribution is 0.697. The van der Waals surface area contributed by atoms with E-state index in [4.69, 9.17) is 11.5 Å². The molecule has 0 heterocycles. The van der Waals surface area contributed by atoms with E-state index in [9.17, 15) is 0 Å². The molecule has 0 radical (unpaired) electrons. The van der Waals surface area contributed by atoms with Crippen molar-refractivity contribution in [3.8, 4) is 0 Å². The molecule has 0 aliphatic heterocycles. The Morgan fingerprint density at radius 3 is 2.18 bits per heavy atom. The SMILES string of the molecule is Cc1ccccc1C(N)(N)S. The highest BCUT2D eigenvalue weighted by molar-refractivity contribution is 7.81. The lowest BCUT2D eigenvalue weighted by Crippen LogP contribution is -2.40. The lowest BCUT2D eigenvalue weighted by Gasteiger charge is -2.19. The molecular weight excluding hydrogens is 156 g/mol. The molecule has 1 rings (SSSR count). The number of aryl methyl sites for hydroxylation is 1. The molecule has 0 fully saturated rings. The molecule has 60 valence electrons. The van der Waals surface area contributed by atoms with Crippen LogP contribution in [-0.4, -0.2) is 0 Å². The normalized spacial score (nSPS) is 11.6. The lowest BCUT2D eigenvalue weighted by atomic mass is 10.1. The van der Waals surface area contributed by atoms with Crippen molar-refractivity contribution < 1.29 is 0 Å². The summed E-state index contributed by atoms with van der Waals surface area (Å²) in [6.07, 6.45) is 0. The Bertz CT molecular complexity index is 253. The van der Waals surface area contributed by atoms with Gasteiger partial charge in [-0.15, -0.1) is 12.6 Å². The van der Waals surface area contributed by atoms with Crippen LogP contribution in [-0.2, 0) is 4.99 Å². The average Bonchev–Trinajstić information content (AvgIpc) is 1.86. The number of nitrogens with two attached hydrogens (primary N) is 2. The van der Waals surface area contributed by atoms with Crippen LogP contribution in [0.5, 0.6) is 0 Å². The first-order valence-corrected chi connectivity index (χ1v) is 3.83. The molecule has 0 aromatic heterocycles. The van der Waals surface area contributed by atoms with Gasteiger partial charge in [-0.05, 0) is 18.1 Å². The summed E-state index contributed by atoms with van der Waals surface area (Å²) in [6.45, 7) is 1.96. The maximum atomic E-state index is 5.60. The van der Waals surface area contributed by atoms with Crippen LogP contribution in [0.3, 0.4) is 0 Å². The van der Waals surface area contributed by atoms with Gasteiger partial charge in [-0.1, -0.05) is 24.3 Å². The molecule has 11 heavy (non-hydrogen) atoms. The quantitative estimate of drug-likeness (QED) is 0.432. The molecule has 0 saturated carbocycles. The Hall–Kier alpha value is -0.510. The summed E-state index contributed by atoms with van der Waals surface area (Å²) in [5.41, 5.74) is 13.1. The van der Waals surface area contributed by atoms with Gasteiger partial charge < -0.3 is 11.5 Å². The third kappa shape index (κ3) is 1.96. The van der Waals surface area contributed by atoms with Crippen LogP contribution in [0.15, 0.2) is 24.3 Å². The van der Waals surface area contributed by atoms with E-state index in [1.165, 1.54) is 0 Å². The molecule has 4 N–H and O–H groups in total. The van der Waals surface area contributed by atoms with Crippen LogP contribution in [0.25, 0.3) is 0 Å². The minimum absolute atomic E-state index is 0.864. The van der Waals surface area contributed by atoms with Gasteiger partial charge in [-0.3, -0.25) is 0 Å². The molecule has 1 aromatic rings. The van der Waals surface area contributed by atoms with Crippen LogP contribution < -0.4 is 11.5 Å². The second-order valence-electron chi connectivity index (χ2n) is 2.64. The molecule has 1 aromatic carbocycles. The monoisotopic (exact) mass is 168 g/mol. The van der Waals surface area contributed by atoms with E-state index in [2.05, 4.69) is 12.6 Å². The van der Waals surface area contributed by atoms with E-state index in [1.807, 2.05) is 31.2 Å². The summed E-state index contributed by atoms with van der Waals surface area (Å²) in [5, 5.41) is 0. The van der Waals surface area contributed by atoms with E-state index in [-0.39, 0.29) is 0 Å². The van der Waals surface area contributed by atoms with Gasteiger partial charge in [0.05, 0.1) is 0 Å². The molecule has 0 aliphatic rings. The zero-order chi connectivity index (χ0) is 8.48. The predicted octanol–water partition coefficient (Wildman–Crippen LogP) is 0.953. The number of rotatable bonds is 1. The minimum Gasteiger partial charge on any atom is -0.301 e. The van der Waals surface area contributed by atoms with Crippen molar-refractivity contribution in [3.05, 3.63) is 35.4 Å². The molecule has 0 spiro atoms. The first kappa shape index (κ1) is 8.59. The summed E-state index contributed by atoms with van der Waals surface area (Å²) >= 11 is 4.07. The van der Waals surface area contributed by atoms with E-state index in [0.29, 0.717) is 0 Å². The van der Waals surface area contributed by atoms with Gasteiger partial charge in [0.25, 0.3) is 0 Å². The molecular formula is C8H12N2S. The third-order valence-electron chi connectivity index (χ3n) is 1.58. The fraction of sp³-hybridized carbons (Fsp3) is 0.250. The van der Waals surface area contributed by atoms with Crippen LogP contribution >= 0.6 is 12.6 Å². The molecule has 0 aliphatic carbocycles. The largest absolute Gasteiger partial charge is 0.301 e. The molecule has 0 saturated heterocycles. The summed E-state index contributed by atoms with van der Waals surface area (Å²) in [5.74, 6) is 0. The molecule has 0 bridgehead atoms. The van der Waals surface area contributed by atoms with Crippen LogP contribution in [0, 0.1) is 6.92 Å². The summed E-state index contributed by atoms with van der Waals surface area (Å²) < 4.78 is 0. The Labute approximate surface area is 72.0 Å². The van der Waals surface area contributed by atoms with E-state index >= 15 is 0 Å². The first-order chi connectivity index (χ1) is 5.02. The van der Waals surface area contributed by atoms with E-state index in [1.54, 1.807) is 0 Å². The van der Waals surface area contributed by atoms with Gasteiger partial charge in [0.2, 0.25) is 0 Å². The number of hydrogen-bond donors (Lipinski definition) is 3. The van der Waals surface area contributed by atoms with Crippen molar-refractivity contribution in [1.29, 1.82) is 0 Å². The Kier molecular flexibility index (Phi) is 2.23. The number of hydrogen-bond acceptors (Lipinski definition) is 3. The van der Waals surface area contributed by atoms with Gasteiger partial charge in [0.15, 0.2) is 0 Å². The summed E-state index contributed by atoms with van der Waals surface area (Å²) in [6, 6.07) is 7.67. The summed E-state index contributed by atoms with van der Waals surface area (Å²) in [7, 11) is 0. The van der Waals surface area contributed by atoms with E-state index in [0.717, 1.165) is 11.1 Å². The highest BCUT2D eigenvalue weighted by Gasteiger charge is 2.16. The van der Waals surface area contributed by atoms with Crippen LogP contribution in [0.2, 0.25) is 0 Å². The fourth-order valence-electron chi connectivity index (χ4n) is 1.02. The standard InChI is InChI=1S/C8H12N2S/c1-6-4-2-3-5-7(6)8(9,10)11/h2-5,11H,9-10H2,1H3. The van der Waals surface area contributed by atoms with Crippen molar-refractivity contribution in [1.82, 2.24) is 0 Å². The maximum Gasteiger partial charge on any atom is 0.136 e. The van der Waals surface area contributed by atoms with Gasteiger partial charge in [-0.25, -0.2) is 0 Å². The van der Waals surface area contributed by atoms with Gasteiger partial charge in [0.1, 0.15) is 4.99 Å². The molecule has 0 atom stereocenters. The second-order valence-corrected chi connectivity index (χ2v) is 3.38. The topological polar surface area (TPSA) is 52.0 Å². The van der Waals surface area contributed by atoms with Crippen LogP contribution in [0.4, 0.5) is 0 Å². The fourth-order valence-corrected chi connectivity index (χ4v) is 1.27. The third-order valence-corrected chi connectivity index (χ3v) is 1.82. The van der Waals surface area contributed by atoms with Gasteiger partial charge >= 0.3 is 0 Å². The Balaban J connectivity index is 3.14. The summed E-state index contributed by atoms with van der Waals surface area (Å²) in [4.78, 5) is -1.02. The highest BCUT2D eigenvalue weighted by atomic mass is 32.1.